The molecule has 0 aliphatic heterocycles. The van der Waals surface area contributed by atoms with Crippen molar-refractivity contribution in [2.24, 2.45) is 0 Å². The first-order chi connectivity index (χ1) is 18.0. The van der Waals surface area contributed by atoms with Gasteiger partial charge in [0.05, 0.1) is 10.6 Å². The van der Waals surface area contributed by atoms with Gasteiger partial charge < -0.3 is 10.2 Å². The molecular formula is C30H37N3O4S. The van der Waals surface area contributed by atoms with E-state index in [0.717, 1.165) is 21.0 Å². The summed E-state index contributed by atoms with van der Waals surface area (Å²) >= 11 is 0. The number of benzene rings is 3. The number of nitrogens with one attached hydrogen (secondary N) is 1. The van der Waals surface area contributed by atoms with E-state index in [0.29, 0.717) is 12.1 Å². The molecule has 0 radical (unpaired) electrons. The predicted octanol–water partition coefficient (Wildman–Crippen LogP) is 4.83. The second-order valence-corrected chi connectivity index (χ2v) is 11.6. The molecule has 0 aliphatic carbocycles. The minimum absolute atomic E-state index is 0.0922. The largest absolute Gasteiger partial charge is 0.352 e. The van der Waals surface area contributed by atoms with Crippen LogP contribution in [0.25, 0.3) is 0 Å². The summed E-state index contributed by atoms with van der Waals surface area (Å²) < 4.78 is 28.7. The monoisotopic (exact) mass is 535 g/mol. The highest BCUT2D eigenvalue weighted by Gasteiger charge is 2.33. The molecule has 2 amide bonds. The van der Waals surface area contributed by atoms with Crippen LogP contribution in [0.2, 0.25) is 0 Å². The number of hydrogen-bond donors (Lipinski definition) is 1. The molecule has 0 unspecified atom stereocenters. The quantitative estimate of drug-likeness (QED) is 0.381. The molecule has 38 heavy (non-hydrogen) atoms. The lowest BCUT2D eigenvalue weighted by atomic mass is 10.1. The number of carbonyl (C=O) groups is 2. The van der Waals surface area contributed by atoms with E-state index in [9.17, 15) is 18.0 Å². The van der Waals surface area contributed by atoms with E-state index in [4.69, 9.17) is 0 Å². The number of sulfonamides is 1. The fraction of sp³-hybridized carbons (Fsp3) is 0.333. The SMILES string of the molecule is CC[C@@H](C(=O)NC(C)C)N(Cc1cccc(C)c1)C(=O)CN(c1ccccc1)S(=O)(=O)c1ccc(C)cc1. The molecule has 0 saturated carbocycles. The highest BCUT2D eigenvalue weighted by molar-refractivity contribution is 7.92. The van der Waals surface area contributed by atoms with Gasteiger partial charge in [-0.3, -0.25) is 13.9 Å². The molecule has 0 fully saturated rings. The van der Waals surface area contributed by atoms with Crippen molar-refractivity contribution < 1.29 is 18.0 Å². The van der Waals surface area contributed by atoms with Crippen LogP contribution in [0.5, 0.6) is 0 Å². The molecule has 1 N–H and O–H groups in total. The highest BCUT2D eigenvalue weighted by atomic mass is 32.2. The Kier molecular flexibility index (Phi) is 9.69. The second kappa shape index (κ2) is 12.7. The van der Waals surface area contributed by atoms with Gasteiger partial charge in [-0.05, 0) is 63.9 Å². The first kappa shape index (κ1) is 28.9. The summed E-state index contributed by atoms with van der Waals surface area (Å²) in [7, 11) is -4.07. The van der Waals surface area contributed by atoms with Crippen LogP contribution in [0.1, 0.15) is 43.9 Å². The molecule has 3 aromatic carbocycles. The van der Waals surface area contributed by atoms with E-state index in [1.807, 2.05) is 58.9 Å². The fourth-order valence-corrected chi connectivity index (χ4v) is 5.68. The molecular weight excluding hydrogens is 498 g/mol. The van der Waals surface area contributed by atoms with Gasteiger partial charge >= 0.3 is 0 Å². The summed E-state index contributed by atoms with van der Waals surface area (Å²) in [5.74, 6) is -0.729. The maximum absolute atomic E-state index is 14.0. The standard InChI is InChI=1S/C30H37N3O4S/c1-6-28(30(35)31-22(2)3)32(20-25-12-10-11-24(5)19-25)29(34)21-33(26-13-8-7-9-14-26)38(36,37)27-17-15-23(4)16-18-27/h7-19,22,28H,6,20-21H2,1-5H3,(H,31,35)/t28-/m0/s1. The van der Waals surface area contributed by atoms with Crippen molar-refractivity contribution in [3.8, 4) is 0 Å². The third kappa shape index (κ3) is 7.22. The molecule has 0 heterocycles. The molecule has 3 aromatic rings. The van der Waals surface area contributed by atoms with Gasteiger partial charge in [0.15, 0.2) is 0 Å². The summed E-state index contributed by atoms with van der Waals surface area (Å²) in [6, 6.07) is 22.0. The first-order valence-electron chi connectivity index (χ1n) is 12.8. The van der Waals surface area contributed by atoms with Crippen LogP contribution >= 0.6 is 0 Å². The van der Waals surface area contributed by atoms with Crippen LogP contribution in [0, 0.1) is 13.8 Å². The Morgan fingerprint density at radius 3 is 2.11 bits per heavy atom. The summed E-state index contributed by atoms with van der Waals surface area (Å²) in [6.07, 6.45) is 0.381. The Bertz CT molecular complexity index is 1340. The average Bonchev–Trinajstić information content (AvgIpc) is 2.87. The maximum Gasteiger partial charge on any atom is 0.264 e. The van der Waals surface area contributed by atoms with Crippen molar-refractivity contribution in [1.29, 1.82) is 0 Å². The number of aryl methyl sites for hydroxylation is 2. The van der Waals surface area contributed by atoms with E-state index >= 15 is 0 Å². The van der Waals surface area contributed by atoms with Gasteiger partial charge in [0, 0.05) is 12.6 Å². The number of para-hydroxylation sites is 1. The van der Waals surface area contributed by atoms with Gasteiger partial charge in [0.1, 0.15) is 12.6 Å². The van der Waals surface area contributed by atoms with Gasteiger partial charge in [-0.2, -0.15) is 0 Å². The fourth-order valence-electron chi connectivity index (χ4n) is 4.27. The molecule has 0 bridgehead atoms. The van der Waals surface area contributed by atoms with Crippen LogP contribution in [-0.4, -0.2) is 43.8 Å². The van der Waals surface area contributed by atoms with Gasteiger partial charge in [-0.1, -0.05) is 72.6 Å². The van der Waals surface area contributed by atoms with Crippen molar-refractivity contribution in [3.63, 3.8) is 0 Å². The predicted molar refractivity (Wildman–Crippen MR) is 151 cm³/mol. The zero-order valence-electron chi connectivity index (χ0n) is 22.7. The van der Waals surface area contributed by atoms with E-state index in [1.54, 1.807) is 54.6 Å². The van der Waals surface area contributed by atoms with Crippen LogP contribution < -0.4 is 9.62 Å². The zero-order valence-corrected chi connectivity index (χ0v) is 23.5. The van der Waals surface area contributed by atoms with E-state index in [1.165, 1.54) is 4.90 Å². The lowest BCUT2D eigenvalue weighted by Crippen LogP contribution is -2.53. The molecule has 8 heteroatoms. The van der Waals surface area contributed by atoms with Crippen LogP contribution in [0.15, 0.2) is 83.8 Å². The first-order valence-corrected chi connectivity index (χ1v) is 14.3. The Morgan fingerprint density at radius 1 is 0.868 bits per heavy atom. The van der Waals surface area contributed by atoms with Gasteiger partial charge in [-0.25, -0.2) is 8.42 Å². The van der Waals surface area contributed by atoms with Crippen molar-refractivity contribution in [2.75, 3.05) is 10.8 Å². The number of hydrogen-bond acceptors (Lipinski definition) is 4. The van der Waals surface area contributed by atoms with E-state index in [-0.39, 0.29) is 23.4 Å². The number of carbonyl (C=O) groups excluding carboxylic acids is 2. The van der Waals surface area contributed by atoms with Crippen LogP contribution in [0.3, 0.4) is 0 Å². The number of rotatable bonds is 11. The minimum Gasteiger partial charge on any atom is -0.352 e. The molecule has 0 aromatic heterocycles. The van der Waals surface area contributed by atoms with E-state index < -0.39 is 28.5 Å². The highest BCUT2D eigenvalue weighted by Crippen LogP contribution is 2.25. The molecule has 3 rings (SSSR count). The smallest absolute Gasteiger partial charge is 0.264 e. The van der Waals surface area contributed by atoms with E-state index in [2.05, 4.69) is 5.32 Å². The topological polar surface area (TPSA) is 86.8 Å². The maximum atomic E-state index is 14.0. The third-order valence-corrected chi connectivity index (χ3v) is 7.97. The Labute approximate surface area is 226 Å². The normalized spacial score (nSPS) is 12.2. The summed E-state index contributed by atoms with van der Waals surface area (Å²) in [6.45, 7) is 9.15. The number of amides is 2. The molecule has 0 spiro atoms. The van der Waals surface area contributed by atoms with Gasteiger partial charge in [-0.15, -0.1) is 0 Å². The summed E-state index contributed by atoms with van der Waals surface area (Å²) in [5.41, 5.74) is 3.19. The van der Waals surface area contributed by atoms with Crippen molar-refractivity contribution in [1.82, 2.24) is 10.2 Å². The Morgan fingerprint density at radius 2 is 1.53 bits per heavy atom. The molecule has 0 aliphatic rings. The van der Waals surface area contributed by atoms with Crippen molar-refractivity contribution >= 4 is 27.5 Å². The van der Waals surface area contributed by atoms with Crippen molar-refractivity contribution in [2.45, 2.75) is 64.6 Å². The third-order valence-electron chi connectivity index (χ3n) is 6.18. The molecule has 1 atom stereocenters. The average molecular weight is 536 g/mol. The molecule has 0 saturated heterocycles. The molecule has 7 nitrogen and oxygen atoms in total. The Hall–Kier alpha value is -3.65. The summed E-state index contributed by atoms with van der Waals surface area (Å²) in [4.78, 5) is 28.7. The Balaban J connectivity index is 2.04. The number of nitrogens with zero attached hydrogens (tertiary/aromatic N) is 2. The summed E-state index contributed by atoms with van der Waals surface area (Å²) in [5, 5.41) is 2.91. The minimum atomic E-state index is -4.07. The van der Waals surface area contributed by atoms with Gasteiger partial charge in [0.2, 0.25) is 11.8 Å². The van der Waals surface area contributed by atoms with Crippen LogP contribution in [-0.2, 0) is 26.2 Å². The molecule has 202 valence electrons. The van der Waals surface area contributed by atoms with Gasteiger partial charge in [0.25, 0.3) is 10.0 Å². The zero-order chi connectivity index (χ0) is 27.9. The van der Waals surface area contributed by atoms with Crippen molar-refractivity contribution in [3.05, 3.63) is 95.6 Å². The lowest BCUT2D eigenvalue weighted by Gasteiger charge is -2.33. The number of anilines is 1. The lowest BCUT2D eigenvalue weighted by molar-refractivity contribution is -0.140. The second-order valence-electron chi connectivity index (χ2n) is 9.76. The van der Waals surface area contributed by atoms with Crippen LogP contribution in [0.4, 0.5) is 5.69 Å².